The smallest absolute Gasteiger partial charge is 0.226 e. The zero-order chi connectivity index (χ0) is 21.5. The van der Waals surface area contributed by atoms with Crippen molar-refractivity contribution in [3.63, 3.8) is 0 Å². The van der Waals surface area contributed by atoms with Gasteiger partial charge >= 0.3 is 0 Å². The molecule has 1 saturated heterocycles. The van der Waals surface area contributed by atoms with Crippen molar-refractivity contribution in [2.24, 2.45) is 0 Å². The van der Waals surface area contributed by atoms with E-state index < -0.39 is 0 Å². The number of ether oxygens (including phenoxy) is 2. The minimum atomic E-state index is 0.0358. The molecular formula is C23H30ClN3O3S. The summed E-state index contributed by atoms with van der Waals surface area (Å²) in [6.07, 6.45) is 6.36. The summed E-state index contributed by atoms with van der Waals surface area (Å²) in [7, 11) is 0. The molecule has 0 unspecified atom stereocenters. The minimum Gasteiger partial charge on any atom is -0.486 e. The monoisotopic (exact) mass is 463 g/mol. The lowest BCUT2D eigenvalue weighted by atomic mass is 9.79. The van der Waals surface area contributed by atoms with Crippen molar-refractivity contribution in [1.29, 1.82) is 0 Å². The maximum Gasteiger partial charge on any atom is 0.226 e. The Morgan fingerprint density at radius 1 is 1.19 bits per heavy atom. The van der Waals surface area contributed by atoms with Crippen LogP contribution in [0.2, 0.25) is 5.02 Å². The van der Waals surface area contributed by atoms with E-state index in [9.17, 15) is 4.79 Å². The molecule has 168 valence electrons. The Balaban J connectivity index is 1.27. The van der Waals surface area contributed by atoms with Crippen LogP contribution < -0.4 is 10.1 Å². The van der Waals surface area contributed by atoms with Crippen LogP contribution in [0.5, 0.6) is 5.75 Å². The first-order valence-electron chi connectivity index (χ1n) is 11.0. The van der Waals surface area contributed by atoms with E-state index in [2.05, 4.69) is 15.2 Å². The lowest BCUT2D eigenvalue weighted by Crippen LogP contribution is -2.59. The van der Waals surface area contributed by atoms with Gasteiger partial charge in [0, 0.05) is 35.6 Å². The van der Waals surface area contributed by atoms with Gasteiger partial charge < -0.3 is 14.8 Å². The highest BCUT2D eigenvalue weighted by Crippen LogP contribution is 2.34. The van der Waals surface area contributed by atoms with E-state index >= 15 is 0 Å². The van der Waals surface area contributed by atoms with Crippen molar-refractivity contribution in [3.8, 4) is 5.75 Å². The molecule has 8 heteroatoms. The van der Waals surface area contributed by atoms with Crippen LogP contribution in [0.3, 0.4) is 0 Å². The Bertz CT molecular complexity index is 846. The third kappa shape index (κ3) is 6.19. The van der Waals surface area contributed by atoms with E-state index in [4.69, 9.17) is 21.1 Å². The number of aromatic nitrogens is 1. The van der Waals surface area contributed by atoms with E-state index in [-0.39, 0.29) is 11.4 Å². The van der Waals surface area contributed by atoms with Gasteiger partial charge in [-0.3, -0.25) is 9.69 Å². The number of halogens is 1. The van der Waals surface area contributed by atoms with Gasteiger partial charge in [-0.15, -0.1) is 11.3 Å². The topological polar surface area (TPSA) is 63.7 Å². The molecule has 0 spiro atoms. The van der Waals surface area contributed by atoms with Crippen molar-refractivity contribution < 1.29 is 14.3 Å². The van der Waals surface area contributed by atoms with Gasteiger partial charge in [0.25, 0.3) is 0 Å². The molecule has 2 fully saturated rings. The van der Waals surface area contributed by atoms with Crippen LogP contribution in [0.25, 0.3) is 0 Å². The number of hydrogen-bond acceptors (Lipinski definition) is 6. The largest absolute Gasteiger partial charge is 0.486 e. The molecule has 1 saturated carbocycles. The van der Waals surface area contributed by atoms with Crippen LogP contribution in [0.15, 0.2) is 29.6 Å². The molecular weight excluding hydrogens is 434 g/mol. The summed E-state index contributed by atoms with van der Waals surface area (Å²) in [5.74, 6) is 0.786. The average molecular weight is 464 g/mol. The molecule has 1 aromatic carbocycles. The second kappa shape index (κ2) is 10.8. The number of nitrogens with one attached hydrogen (secondary N) is 1. The van der Waals surface area contributed by atoms with E-state index in [1.165, 1.54) is 30.6 Å². The Morgan fingerprint density at radius 2 is 1.94 bits per heavy atom. The highest BCUT2D eigenvalue weighted by Gasteiger charge is 2.38. The van der Waals surface area contributed by atoms with Crippen molar-refractivity contribution in [2.75, 3.05) is 32.8 Å². The van der Waals surface area contributed by atoms with Gasteiger partial charge in [-0.25, -0.2) is 4.98 Å². The molecule has 0 bridgehead atoms. The number of morpholine rings is 1. The molecule has 4 rings (SSSR count). The predicted octanol–water partition coefficient (Wildman–Crippen LogP) is 4.07. The number of nitrogens with zero attached hydrogens (tertiary/aromatic N) is 2. The predicted molar refractivity (Wildman–Crippen MR) is 123 cm³/mol. The number of hydrogen-bond donors (Lipinski definition) is 1. The molecule has 1 N–H and O–H groups in total. The van der Waals surface area contributed by atoms with Crippen LogP contribution in [0.4, 0.5) is 0 Å². The molecule has 1 amide bonds. The highest BCUT2D eigenvalue weighted by molar-refractivity contribution is 7.09. The van der Waals surface area contributed by atoms with E-state index in [0.29, 0.717) is 24.6 Å². The molecule has 31 heavy (non-hydrogen) atoms. The summed E-state index contributed by atoms with van der Waals surface area (Å²) >= 11 is 7.41. The second-order valence-electron chi connectivity index (χ2n) is 8.31. The van der Waals surface area contributed by atoms with Crippen LogP contribution in [-0.2, 0) is 22.6 Å². The third-order valence-electron chi connectivity index (χ3n) is 6.20. The van der Waals surface area contributed by atoms with E-state index in [1.54, 1.807) is 12.1 Å². The normalized spacial score (nSPS) is 19.1. The molecule has 0 atom stereocenters. The van der Waals surface area contributed by atoms with Crippen LogP contribution in [0.1, 0.15) is 42.8 Å². The number of amides is 1. The molecule has 1 aliphatic heterocycles. The summed E-state index contributed by atoms with van der Waals surface area (Å²) in [6.45, 7) is 4.58. The average Bonchev–Trinajstić information content (AvgIpc) is 3.26. The van der Waals surface area contributed by atoms with Gasteiger partial charge in [-0.2, -0.15) is 0 Å². The van der Waals surface area contributed by atoms with Crippen molar-refractivity contribution in [3.05, 3.63) is 45.4 Å². The Hall–Kier alpha value is -1.67. The summed E-state index contributed by atoms with van der Waals surface area (Å²) < 4.78 is 11.3. The van der Waals surface area contributed by atoms with Crippen LogP contribution in [0, 0.1) is 0 Å². The van der Waals surface area contributed by atoms with Gasteiger partial charge in [-0.05, 0) is 37.1 Å². The van der Waals surface area contributed by atoms with E-state index in [1.807, 2.05) is 17.5 Å². The van der Waals surface area contributed by atoms with Crippen molar-refractivity contribution in [2.45, 2.75) is 50.7 Å². The van der Waals surface area contributed by atoms with Gasteiger partial charge in [-0.1, -0.05) is 30.9 Å². The standard InChI is InChI=1S/C23H30ClN3O3S/c24-18-4-6-20(7-5-18)30-15-22-26-19(16-31-22)14-21(28)25-17-23(8-2-1-3-9-23)27-10-12-29-13-11-27/h4-7,16H,1-3,8-15,17H2,(H,25,28). The zero-order valence-electron chi connectivity index (χ0n) is 17.8. The second-order valence-corrected chi connectivity index (χ2v) is 9.69. The third-order valence-corrected chi connectivity index (χ3v) is 7.32. The zero-order valence-corrected chi connectivity index (χ0v) is 19.3. The SMILES string of the molecule is O=C(Cc1csc(COc2ccc(Cl)cc2)n1)NCC1(N2CCOCC2)CCCCC1. The lowest BCUT2D eigenvalue weighted by Gasteiger charge is -2.48. The molecule has 0 radical (unpaired) electrons. The molecule has 2 aliphatic rings. The number of carbonyl (C=O) groups is 1. The number of rotatable bonds is 8. The minimum absolute atomic E-state index is 0.0358. The van der Waals surface area contributed by atoms with Gasteiger partial charge in [0.05, 0.1) is 25.3 Å². The maximum atomic E-state index is 12.7. The number of thiazole rings is 1. The summed E-state index contributed by atoms with van der Waals surface area (Å²) in [5.41, 5.74) is 0.874. The Morgan fingerprint density at radius 3 is 2.68 bits per heavy atom. The van der Waals surface area contributed by atoms with Gasteiger partial charge in [0.2, 0.25) is 5.91 Å². The first kappa shape index (κ1) is 22.5. The highest BCUT2D eigenvalue weighted by atomic mass is 35.5. The molecule has 2 aromatic rings. The number of carbonyl (C=O) groups excluding carboxylic acids is 1. The van der Waals surface area contributed by atoms with Crippen molar-refractivity contribution >= 4 is 28.8 Å². The fourth-order valence-electron chi connectivity index (χ4n) is 4.51. The lowest BCUT2D eigenvalue weighted by molar-refractivity contribution is -0.121. The molecule has 1 aromatic heterocycles. The maximum absolute atomic E-state index is 12.7. The Kier molecular flexibility index (Phi) is 7.82. The number of benzene rings is 1. The molecule has 6 nitrogen and oxygen atoms in total. The summed E-state index contributed by atoms with van der Waals surface area (Å²) in [6, 6.07) is 7.26. The Labute approximate surface area is 192 Å². The quantitative estimate of drug-likeness (QED) is 0.639. The molecule has 2 heterocycles. The summed E-state index contributed by atoms with van der Waals surface area (Å²) in [4.78, 5) is 19.8. The van der Waals surface area contributed by atoms with Crippen LogP contribution in [-0.4, -0.2) is 54.2 Å². The van der Waals surface area contributed by atoms with Crippen LogP contribution >= 0.6 is 22.9 Å². The fraction of sp³-hybridized carbons (Fsp3) is 0.565. The first-order valence-corrected chi connectivity index (χ1v) is 12.3. The van der Waals surface area contributed by atoms with Gasteiger partial charge in [0.1, 0.15) is 17.4 Å². The van der Waals surface area contributed by atoms with Gasteiger partial charge in [0.15, 0.2) is 0 Å². The fourth-order valence-corrected chi connectivity index (χ4v) is 5.35. The first-order chi connectivity index (χ1) is 15.1. The van der Waals surface area contributed by atoms with E-state index in [0.717, 1.165) is 55.6 Å². The molecule has 1 aliphatic carbocycles. The van der Waals surface area contributed by atoms with Crippen molar-refractivity contribution in [1.82, 2.24) is 15.2 Å². The summed E-state index contributed by atoms with van der Waals surface area (Å²) in [5, 5.41) is 6.69.